The average molecular weight is 326 g/mol. The molecule has 1 saturated carbocycles. The molecule has 1 saturated heterocycles. The summed E-state index contributed by atoms with van der Waals surface area (Å²) in [5.41, 5.74) is 0.982. The molecule has 126 valence electrons. The number of carbonyl (C=O) groups is 2. The Bertz CT molecular complexity index is 700. The molecule has 0 aromatic carbocycles. The van der Waals surface area contributed by atoms with Crippen molar-refractivity contribution in [3.63, 3.8) is 0 Å². The first kappa shape index (κ1) is 15.3. The maximum atomic E-state index is 12.6. The summed E-state index contributed by atoms with van der Waals surface area (Å²) < 4.78 is 0. The largest absolute Gasteiger partial charge is 0.368 e. The lowest BCUT2D eigenvalue weighted by atomic mass is 9.85. The Kier molecular flexibility index (Phi) is 3.62. The van der Waals surface area contributed by atoms with E-state index in [9.17, 15) is 9.59 Å². The van der Waals surface area contributed by atoms with E-state index in [2.05, 4.69) is 27.4 Å². The van der Waals surface area contributed by atoms with Gasteiger partial charge in [-0.05, 0) is 31.6 Å². The predicted octanol–water partition coefficient (Wildman–Crippen LogP) is 1.57. The van der Waals surface area contributed by atoms with E-state index in [1.54, 1.807) is 0 Å². The van der Waals surface area contributed by atoms with Crippen LogP contribution in [0.1, 0.15) is 24.9 Å². The molecule has 24 heavy (non-hydrogen) atoms. The van der Waals surface area contributed by atoms with Crippen molar-refractivity contribution in [3.8, 4) is 0 Å². The molecule has 1 aliphatic heterocycles. The van der Waals surface area contributed by atoms with E-state index < -0.39 is 0 Å². The number of allylic oxidation sites excluding steroid dienone is 2. The van der Waals surface area contributed by atoms with Crippen LogP contribution in [0.5, 0.6) is 0 Å². The van der Waals surface area contributed by atoms with Crippen molar-refractivity contribution in [3.05, 3.63) is 29.7 Å². The van der Waals surface area contributed by atoms with Crippen molar-refractivity contribution >= 4 is 17.6 Å². The minimum Gasteiger partial charge on any atom is -0.368 e. The molecule has 2 fully saturated rings. The molecular formula is C18H22N4O2. The highest BCUT2D eigenvalue weighted by atomic mass is 16.2. The Morgan fingerprint density at radius 3 is 2.46 bits per heavy atom. The number of aryl methyl sites for hydroxylation is 2. The molecule has 2 aliphatic carbocycles. The van der Waals surface area contributed by atoms with Crippen molar-refractivity contribution in [2.45, 2.75) is 26.7 Å². The molecule has 2 heterocycles. The van der Waals surface area contributed by atoms with Gasteiger partial charge in [0.05, 0.1) is 11.8 Å². The number of rotatable bonds is 5. The monoisotopic (exact) mass is 326 g/mol. The SMILES string of the molecule is CCc1cc(NCCN2C(=O)C3C4C=CC(C4)C3C2=O)nc(C)n1. The van der Waals surface area contributed by atoms with Crippen LogP contribution in [-0.2, 0) is 16.0 Å². The minimum atomic E-state index is -0.111. The maximum Gasteiger partial charge on any atom is 0.233 e. The summed E-state index contributed by atoms with van der Waals surface area (Å²) in [4.78, 5) is 35.4. The van der Waals surface area contributed by atoms with Crippen molar-refractivity contribution in [2.75, 3.05) is 18.4 Å². The molecule has 3 aliphatic rings. The van der Waals surface area contributed by atoms with Crippen LogP contribution in [0.4, 0.5) is 5.82 Å². The summed E-state index contributed by atoms with van der Waals surface area (Å²) in [6.45, 7) is 4.82. The van der Waals surface area contributed by atoms with E-state index in [1.807, 2.05) is 19.9 Å². The number of nitrogens with zero attached hydrogens (tertiary/aromatic N) is 3. The minimum absolute atomic E-state index is 0.0109. The highest BCUT2D eigenvalue weighted by molar-refractivity contribution is 6.06. The first-order valence-electron chi connectivity index (χ1n) is 8.70. The second-order valence-corrected chi connectivity index (χ2v) is 6.90. The fourth-order valence-corrected chi connectivity index (χ4v) is 4.38. The fourth-order valence-electron chi connectivity index (χ4n) is 4.38. The van der Waals surface area contributed by atoms with Gasteiger partial charge in [0.25, 0.3) is 0 Å². The topological polar surface area (TPSA) is 75.2 Å². The number of anilines is 1. The van der Waals surface area contributed by atoms with E-state index in [0.29, 0.717) is 13.1 Å². The summed E-state index contributed by atoms with van der Waals surface area (Å²) in [6.07, 6.45) is 6.06. The first-order chi connectivity index (χ1) is 11.6. The number of nitrogens with one attached hydrogen (secondary N) is 1. The molecule has 0 spiro atoms. The molecule has 4 atom stereocenters. The lowest BCUT2D eigenvalue weighted by Crippen LogP contribution is -2.36. The third-order valence-electron chi connectivity index (χ3n) is 5.46. The molecule has 1 aromatic rings. The van der Waals surface area contributed by atoms with Gasteiger partial charge in [-0.2, -0.15) is 0 Å². The van der Waals surface area contributed by atoms with Gasteiger partial charge in [-0.25, -0.2) is 9.97 Å². The summed E-state index contributed by atoms with van der Waals surface area (Å²) in [5.74, 6) is 1.81. The van der Waals surface area contributed by atoms with Crippen LogP contribution < -0.4 is 5.32 Å². The zero-order valence-corrected chi connectivity index (χ0v) is 14.0. The summed E-state index contributed by atoms with van der Waals surface area (Å²) in [5, 5.41) is 3.22. The van der Waals surface area contributed by atoms with Crippen LogP contribution in [0, 0.1) is 30.6 Å². The number of amides is 2. The smallest absolute Gasteiger partial charge is 0.233 e. The Hall–Kier alpha value is -2.24. The second-order valence-electron chi connectivity index (χ2n) is 6.90. The number of hydrogen-bond donors (Lipinski definition) is 1. The molecule has 4 unspecified atom stereocenters. The molecule has 0 radical (unpaired) electrons. The standard InChI is InChI=1S/C18H22N4O2/c1-3-13-9-14(21-10(2)20-13)19-6-7-22-17(23)15-11-4-5-12(8-11)16(15)18(22)24/h4-5,9,11-12,15-16H,3,6-8H2,1-2H3,(H,19,20,21). The van der Waals surface area contributed by atoms with Crippen molar-refractivity contribution in [1.82, 2.24) is 14.9 Å². The van der Waals surface area contributed by atoms with Gasteiger partial charge in [-0.1, -0.05) is 19.1 Å². The van der Waals surface area contributed by atoms with Crippen LogP contribution in [0.3, 0.4) is 0 Å². The van der Waals surface area contributed by atoms with E-state index in [-0.39, 0.29) is 35.5 Å². The third-order valence-corrected chi connectivity index (χ3v) is 5.46. The van der Waals surface area contributed by atoms with Crippen LogP contribution >= 0.6 is 0 Å². The van der Waals surface area contributed by atoms with Crippen molar-refractivity contribution in [2.24, 2.45) is 23.7 Å². The van der Waals surface area contributed by atoms with E-state index in [0.717, 1.165) is 30.2 Å². The van der Waals surface area contributed by atoms with Gasteiger partial charge >= 0.3 is 0 Å². The Morgan fingerprint density at radius 1 is 1.17 bits per heavy atom. The first-order valence-corrected chi connectivity index (χ1v) is 8.70. The highest BCUT2D eigenvalue weighted by Gasteiger charge is 2.58. The summed E-state index contributed by atoms with van der Waals surface area (Å²) in [6, 6.07) is 1.92. The Morgan fingerprint density at radius 2 is 1.83 bits per heavy atom. The lowest BCUT2D eigenvalue weighted by molar-refractivity contribution is -0.140. The number of aromatic nitrogens is 2. The normalized spacial score (nSPS) is 30.3. The van der Waals surface area contributed by atoms with Gasteiger partial charge < -0.3 is 5.32 Å². The van der Waals surface area contributed by atoms with Crippen molar-refractivity contribution < 1.29 is 9.59 Å². The number of carbonyl (C=O) groups excluding carboxylic acids is 2. The number of fused-ring (bicyclic) bond motifs is 5. The number of imide groups is 1. The number of likely N-dealkylation sites (tertiary alicyclic amines) is 1. The molecule has 6 nitrogen and oxygen atoms in total. The molecule has 1 N–H and O–H groups in total. The summed E-state index contributed by atoms with van der Waals surface area (Å²) in [7, 11) is 0. The number of hydrogen-bond acceptors (Lipinski definition) is 5. The molecule has 6 heteroatoms. The van der Waals surface area contributed by atoms with Gasteiger partial charge in [-0.3, -0.25) is 14.5 Å². The predicted molar refractivity (Wildman–Crippen MR) is 89.1 cm³/mol. The van der Waals surface area contributed by atoms with Gasteiger partial charge in [0.2, 0.25) is 11.8 Å². The summed E-state index contributed by atoms with van der Waals surface area (Å²) >= 11 is 0. The molecule has 2 bridgehead atoms. The van der Waals surface area contributed by atoms with Gasteiger partial charge in [0.1, 0.15) is 11.6 Å². The van der Waals surface area contributed by atoms with Gasteiger partial charge in [0, 0.05) is 24.8 Å². The highest BCUT2D eigenvalue weighted by Crippen LogP contribution is 2.52. The van der Waals surface area contributed by atoms with Crippen LogP contribution in [0.2, 0.25) is 0 Å². The molecule has 4 rings (SSSR count). The fraction of sp³-hybridized carbons (Fsp3) is 0.556. The van der Waals surface area contributed by atoms with Gasteiger partial charge in [-0.15, -0.1) is 0 Å². The van der Waals surface area contributed by atoms with Crippen molar-refractivity contribution in [1.29, 1.82) is 0 Å². The quantitative estimate of drug-likeness (QED) is 0.656. The zero-order valence-electron chi connectivity index (χ0n) is 14.0. The lowest BCUT2D eigenvalue weighted by Gasteiger charge is -2.17. The van der Waals surface area contributed by atoms with Gasteiger partial charge in [0.15, 0.2) is 0 Å². The second kappa shape index (κ2) is 5.69. The third kappa shape index (κ3) is 2.32. The van der Waals surface area contributed by atoms with Crippen LogP contribution in [0.15, 0.2) is 18.2 Å². The molecule has 1 aromatic heterocycles. The Balaban J connectivity index is 1.40. The van der Waals surface area contributed by atoms with E-state index in [1.165, 1.54) is 4.90 Å². The average Bonchev–Trinajstić information content (AvgIpc) is 3.23. The molecular weight excluding hydrogens is 304 g/mol. The zero-order chi connectivity index (χ0) is 16.8. The Labute approximate surface area is 141 Å². The van der Waals surface area contributed by atoms with E-state index >= 15 is 0 Å². The van der Waals surface area contributed by atoms with E-state index in [4.69, 9.17) is 0 Å². The maximum absolute atomic E-state index is 12.6. The van der Waals surface area contributed by atoms with Crippen LogP contribution in [0.25, 0.3) is 0 Å². The molecule has 2 amide bonds. The van der Waals surface area contributed by atoms with Crippen LogP contribution in [-0.4, -0.2) is 39.8 Å².